The van der Waals surface area contributed by atoms with Crippen LogP contribution in [0.5, 0.6) is 5.75 Å². The van der Waals surface area contributed by atoms with Crippen LogP contribution in [0.4, 0.5) is 0 Å². The van der Waals surface area contributed by atoms with Gasteiger partial charge in [-0.15, -0.1) is 12.6 Å². The zero-order valence-electron chi connectivity index (χ0n) is 15.3. The highest BCUT2D eigenvalue weighted by Gasteiger charge is 2.28. The van der Waals surface area contributed by atoms with E-state index in [1.807, 2.05) is 36.4 Å². The third-order valence-corrected chi connectivity index (χ3v) is 6.54. The molecular weight excluding hydrogens is 392 g/mol. The minimum absolute atomic E-state index is 0.00541. The van der Waals surface area contributed by atoms with Crippen molar-refractivity contribution >= 4 is 23.5 Å². The molecule has 0 aromatic heterocycles. The molecule has 0 saturated carbocycles. The van der Waals surface area contributed by atoms with Crippen LogP contribution in [0.3, 0.4) is 0 Å². The summed E-state index contributed by atoms with van der Waals surface area (Å²) in [6.45, 7) is 0.378. The molecule has 1 atom stereocenters. The van der Waals surface area contributed by atoms with Crippen molar-refractivity contribution in [1.82, 2.24) is 0 Å². The highest BCUT2D eigenvalue weighted by Crippen LogP contribution is 2.33. The van der Waals surface area contributed by atoms with E-state index in [2.05, 4.69) is 49.0 Å². The molecule has 0 radical (unpaired) electrons. The predicted octanol–water partition coefficient (Wildman–Crippen LogP) is 3.91. The fourth-order valence-electron chi connectivity index (χ4n) is 2.71. The zero-order chi connectivity index (χ0) is 19.8. The first-order valence-corrected chi connectivity index (χ1v) is 10.5. The Bertz CT molecular complexity index is 798. The number of hydrogen-bond acceptors (Lipinski definition) is 5. The van der Waals surface area contributed by atoms with Crippen LogP contribution in [0.2, 0.25) is 0 Å². The Kier molecular flexibility index (Phi) is 7.82. The van der Waals surface area contributed by atoms with Gasteiger partial charge in [0.25, 0.3) is 0 Å². The number of thiol groups is 1. The highest BCUT2D eigenvalue weighted by molar-refractivity contribution is 7.97. The van der Waals surface area contributed by atoms with Crippen molar-refractivity contribution in [2.45, 2.75) is 26.2 Å². The molecule has 1 unspecified atom stereocenters. The number of aliphatic hydroxyl groups excluding tert-OH is 2. The SMILES string of the molecule is OCCOc1ccc([S+](c2ccc(S)cc2)c2ccc(COCO)cc2)cc1. The summed E-state index contributed by atoms with van der Waals surface area (Å²) < 4.78 is 10.5. The molecular formula is C22H23O4S2+. The number of rotatable bonds is 9. The van der Waals surface area contributed by atoms with E-state index in [-0.39, 0.29) is 30.9 Å². The molecule has 0 aliphatic carbocycles. The Labute approximate surface area is 173 Å². The van der Waals surface area contributed by atoms with Crippen molar-refractivity contribution in [2.75, 3.05) is 20.0 Å². The van der Waals surface area contributed by atoms with Crippen molar-refractivity contribution in [3.63, 3.8) is 0 Å². The molecule has 3 aromatic rings. The zero-order valence-corrected chi connectivity index (χ0v) is 17.0. The van der Waals surface area contributed by atoms with E-state index in [0.29, 0.717) is 6.61 Å². The van der Waals surface area contributed by atoms with Gasteiger partial charge in [-0.3, -0.25) is 0 Å². The van der Waals surface area contributed by atoms with E-state index in [1.165, 1.54) is 14.7 Å². The minimum Gasteiger partial charge on any atom is -0.491 e. The lowest BCUT2D eigenvalue weighted by molar-refractivity contribution is -0.0112. The van der Waals surface area contributed by atoms with E-state index in [9.17, 15) is 0 Å². The molecule has 0 heterocycles. The molecule has 0 spiro atoms. The molecule has 0 aliphatic heterocycles. The summed E-state index contributed by atoms with van der Waals surface area (Å²) in [5.74, 6) is 0.739. The summed E-state index contributed by atoms with van der Waals surface area (Å²) in [7, 11) is -0.280. The summed E-state index contributed by atoms with van der Waals surface area (Å²) >= 11 is 4.40. The minimum atomic E-state index is -0.285. The maximum atomic E-state index is 8.91. The number of ether oxygens (including phenoxy) is 2. The van der Waals surface area contributed by atoms with Crippen LogP contribution in [0.25, 0.3) is 0 Å². The lowest BCUT2D eigenvalue weighted by atomic mass is 10.2. The van der Waals surface area contributed by atoms with Gasteiger partial charge in [0.15, 0.2) is 14.7 Å². The monoisotopic (exact) mass is 415 g/mol. The average molecular weight is 416 g/mol. The normalized spacial score (nSPS) is 12.0. The topological polar surface area (TPSA) is 58.9 Å². The van der Waals surface area contributed by atoms with Gasteiger partial charge in [0.2, 0.25) is 0 Å². The summed E-state index contributed by atoms with van der Waals surface area (Å²) in [5, 5.41) is 17.7. The first kappa shape index (κ1) is 20.8. The molecule has 0 fully saturated rings. The van der Waals surface area contributed by atoms with Gasteiger partial charge < -0.3 is 19.7 Å². The maximum absolute atomic E-state index is 8.91. The van der Waals surface area contributed by atoms with Gasteiger partial charge in [0, 0.05) is 4.90 Å². The molecule has 2 N–H and O–H groups in total. The molecule has 0 amide bonds. The Balaban J connectivity index is 1.92. The second-order valence-electron chi connectivity index (χ2n) is 5.97. The quantitative estimate of drug-likeness (QED) is 0.282. The second-order valence-corrected chi connectivity index (χ2v) is 8.51. The van der Waals surface area contributed by atoms with Crippen molar-refractivity contribution < 1.29 is 19.7 Å². The molecule has 3 rings (SSSR count). The van der Waals surface area contributed by atoms with Gasteiger partial charge in [-0.2, -0.15) is 0 Å². The van der Waals surface area contributed by atoms with Gasteiger partial charge in [-0.1, -0.05) is 12.1 Å². The molecule has 146 valence electrons. The third kappa shape index (κ3) is 5.53. The number of hydrogen-bond donors (Lipinski definition) is 3. The maximum Gasteiger partial charge on any atom is 0.166 e. The smallest absolute Gasteiger partial charge is 0.166 e. The van der Waals surface area contributed by atoms with Crippen LogP contribution >= 0.6 is 12.6 Å². The van der Waals surface area contributed by atoms with Crippen LogP contribution in [-0.4, -0.2) is 30.2 Å². The Morgan fingerprint density at radius 3 is 1.82 bits per heavy atom. The van der Waals surface area contributed by atoms with Crippen LogP contribution in [0, 0.1) is 0 Å². The van der Waals surface area contributed by atoms with Crippen LogP contribution in [0.15, 0.2) is 92.4 Å². The van der Waals surface area contributed by atoms with Crippen molar-refractivity contribution in [3.8, 4) is 5.75 Å². The number of aliphatic hydroxyl groups is 2. The van der Waals surface area contributed by atoms with Crippen LogP contribution in [0.1, 0.15) is 5.56 Å². The van der Waals surface area contributed by atoms with E-state index in [4.69, 9.17) is 19.7 Å². The second kappa shape index (κ2) is 10.5. The van der Waals surface area contributed by atoms with Gasteiger partial charge in [-0.25, -0.2) is 0 Å². The Morgan fingerprint density at radius 1 is 0.750 bits per heavy atom. The highest BCUT2D eigenvalue weighted by atomic mass is 32.2. The summed E-state index contributed by atoms with van der Waals surface area (Å²) in [6, 6.07) is 24.4. The van der Waals surface area contributed by atoms with Crippen molar-refractivity contribution in [2.24, 2.45) is 0 Å². The lowest BCUT2D eigenvalue weighted by Crippen LogP contribution is -2.06. The lowest BCUT2D eigenvalue weighted by Gasteiger charge is -2.10. The first-order chi connectivity index (χ1) is 13.7. The van der Waals surface area contributed by atoms with E-state index in [0.717, 1.165) is 16.2 Å². The van der Waals surface area contributed by atoms with Gasteiger partial charge in [-0.05, 0) is 66.2 Å². The predicted molar refractivity (Wildman–Crippen MR) is 113 cm³/mol. The summed E-state index contributed by atoms with van der Waals surface area (Å²) in [5.41, 5.74) is 1.01. The molecule has 0 aliphatic rings. The number of benzene rings is 3. The third-order valence-electron chi connectivity index (χ3n) is 4.01. The molecule has 6 heteroatoms. The fraction of sp³-hybridized carbons (Fsp3) is 0.182. The summed E-state index contributed by atoms with van der Waals surface area (Å²) in [4.78, 5) is 4.48. The van der Waals surface area contributed by atoms with Crippen LogP contribution < -0.4 is 4.74 Å². The largest absolute Gasteiger partial charge is 0.491 e. The molecule has 0 saturated heterocycles. The molecule has 28 heavy (non-hydrogen) atoms. The molecule has 4 nitrogen and oxygen atoms in total. The van der Waals surface area contributed by atoms with Crippen molar-refractivity contribution in [3.05, 3.63) is 78.4 Å². The fourth-order valence-corrected chi connectivity index (χ4v) is 4.90. The van der Waals surface area contributed by atoms with Gasteiger partial charge in [0.1, 0.15) is 19.1 Å². The molecule has 3 aromatic carbocycles. The Morgan fingerprint density at radius 2 is 1.29 bits per heavy atom. The van der Waals surface area contributed by atoms with Crippen molar-refractivity contribution in [1.29, 1.82) is 0 Å². The van der Waals surface area contributed by atoms with Gasteiger partial charge in [0.05, 0.1) is 24.1 Å². The van der Waals surface area contributed by atoms with E-state index in [1.54, 1.807) is 0 Å². The van der Waals surface area contributed by atoms with Gasteiger partial charge >= 0.3 is 0 Å². The summed E-state index contributed by atoms with van der Waals surface area (Å²) in [6.07, 6.45) is 0. The average Bonchev–Trinajstić information content (AvgIpc) is 2.74. The Hall–Kier alpha value is -1.96. The first-order valence-electron chi connectivity index (χ1n) is 8.86. The standard InChI is InChI=1S/C22H22O4S2/c23-13-14-26-18-3-9-21(10-4-18)28(22-11-5-19(27)6-12-22)20-7-1-17(2-8-20)15-25-16-24/h1-12,23-24H,13-16H2/p+1. The molecule has 0 bridgehead atoms. The van der Waals surface area contributed by atoms with E-state index >= 15 is 0 Å². The van der Waals surface area contributed by atoms with Crippen LogP contribution in [-0.2, 0) is 22.2 Å². The van der Waals surface area contributed by atoms with E-state index < -0.39 is 0 Å².